The highest BCUT2D eigenvalue weighted by molar-refractivity contribution is 7.92. The van der Waals surface area contributed by atoms with Crippen molar-refractivity contribution in [3.8, 4) is 0 Å². The van der Waals surface area contributed by atoms with Crippen molar-refractivity contribution in [1.82, 2.24) is 10.2 Å². The number of sulfonamides is 1. The van der Waals surface area contributed by atoms with Crippen molar-refractivity contribution in [3.63, 3.8) is 0 Å². The fourth-order valence-corrected chi connectivity index (χ4v) is 4.83. The van der Waals surface area contributed by atoms with E-state index in [0.717, 1.165) is 43.5 Å². The molecule has 2 amide bonds. The number of piperidine rings is 1. The minimum atomic E-state index is -4.02. The van der Waals surface area contributed by atoms with Gasteiger partial charge in [-0.25, -0.2) is 12.8 Å². The molecule has 2 N–H and O–H groups in total. The third kappa shape index (κ3) is 5.98. The molecule has 7 nitrogen and oxygen atoms in total. The van der Waals surface area contributed by atoms with Crippen LogP contribution in [-0.4, -0.2) is 44.3 Å². The monoisotopic (exact) mass is 481 g/mol. The Bertz CT molecular complexity index is 1090. The van der Waals surface area contributed by atoms with Gasteiger partial charge >= 0.3 is 0 Å². The van der Waals surface area contributed by atoms with Crippen LogP contribution < -0.4 is 10.0 Å². The van der Waals surface area contributed by atoms with Gasteiger partial charge in [0.25, 0.3) is 15.9 Å². The third-order valence-corrected chi connectivity index (χ3v) is 6.84. The quantitative estimate of drug-likeness (QED) is 0.628. The van der Waals surface area contributed by atoms with Gasteiger partial charge in [-0.15, -0.1) is 0 Å². The highest BCUT2D eigenvalue weighted by atomic mass is 35.5. The lowest BCUT2D eigenvalue weighted by Crippen LogP contribution is -2.49. The lowest BCUT2D eigenvalue weighted by molar-refractivity contribution is -0.122. The summed E-state index contributed by atoms with van der Waals surface area (Å²) in [7, 11) is -4.02. The van der Waals surface area contributed by atoms with E-state index in [2.05, 4.69) is 10.0 Å². The number of carbonyl (C=O) groups excluding carboxylic acids is 2. The Morgan fingerprint density at radius 2 is 1.91 bits per heavy atom. The average Bonchev–Trinajstić information content (AvgIpc) is 2.75. The molecule has 1 atom stereocenters. The molecule has 172 valence electrons. The van der Waals surface area contributed by atoms with Crippen molar-refractivity contribution in [2.75, 3.05) is 17.8 Å². The molecule has 2 aromatic rings. The zero-order valence-corrected chi connectivity index (χ0v) is 19.2. The lowest BCUT2D eigenvalue weighted by atomic mass is 10.0. The van der Waals surface area contributed by atoms with Crippen LogP contribution in [0.5, 0.6) is 0 Å². The summed E-state index contributed by atoms with van der Waals surface area (Å²) < 4.78 is 40.7. The summed E-state index contributed by atoms with van der Waals surface area (Å²) in [4.78, 5) is 26.4. The maximum absolute atomic E-state index is 13.1. The second kappa shape index (κ2) is 10.3. The topological polar surface area (TPSA) is 95.6 Å². The van der Waals surface area contributed by atoms with Gasteiger partial charge in [-0.3, -0.25) is 14.3 Å². The number of amides is 2. The number of hydrogen-bond acceptors (Lipinski definition) is 4. The van der Waals surface area contributed by atoms with E-state index in [9.17, 15) is 22.4 Å². The molecule has 1 heterocycles. The number of likely N-dealkylation sites (tertiary alicyclic amines) is 1. The summed E-state index contributed by atoms with van der Waals surface area (Å²) in [5.41, 5.74) is 0.318. The second-order valence-corrected chi connectivity index (χ2v) is 9.75. The standard InChI is InChI=1S/C22H25ClFN3O4S/c1-2-4-21(28)25-17-5-3-12-27(14-17)22(29)15-6-11-19(23)20(13-15)26-32(30,31)18-9-7-16(24)8-10-18/h6-11,13,17,26H,2-5,12,14H2,1H3,(H,25,28). The Kier molecular flexibility index (Phi) is 7.73. The number of rotatable bonds is 7. The summed E-state index contributed by atoms with van der Waals surface area (Å²) in [6, 6.07) is 8.61. The molecule has 0 bridgehead atoms. The van der Waals surface area contributed by atoms with E-state index in [4.69, 9.17) is 11.6 Å². The zero-order valence-electron chi connectivity index (χ0n) is 17.6. The van der Waals surface area contributed by atoms with Crippen molar-refractivity contribution in [2.45, 2.75) is 43.5 Å². The van der Waals surface area contributed by atoms with Gasteiger partial charge in [0, 0.05) is 31.1 Å². The Balaban J connectivity index is 1.75. The van der Waals surface area contributed by atoms with Crippen LogP contribution in [0, 0.1) is 5.82 Å². The molecule has 2 aromatic carbocycles. The fourth-order valence-electron chi connectivity index (χ4n) is 3.54. The van der Waals surface area contributed by atoms with Crippen LogP contribution in [0.15, 0.2) is 47.4 Å². The van der Waals surface area contributed by atoms with Crippen LogP contribution in [0.3, 0.4) is 0 Å². The van der Waals surface area contributed by atoms with Gasteiger partial charge in [0.05, 0.1) is 15.6 Å². The Hall–Kier alpha value is -2.65. The normalized spacial score (nSPS) is 16.5. The van der Waals surface area contributed by atoms with Crippen molar-refractivity contribution >= 4 is 39.1 Å². The molecule has 32 heavy (non-hydrogen) atoms. The molecule has 0 aromatic heterocycles. The number of carbonyl (C=O) groups is 2. The van der Waals surface area contributed by atoms with Gasteiger partial charge in [-0.05, 0) is 61.7 Å². The van der Waals surface area contributed by atoms with Crippen LogP contribution in [-0.2, 0) is 14.8 Å². The molecule has 1 saturated heterocycles. The second-order valence-electron chi connectivity index (χ2n) is 7.66. The van der Waals surface area contributed by atoms with E-state index in [1.165, 1.54) is 18.2 Å². The number of anilines is 1. The number of nitrogens with zero attached hydrogens (tertiary/aromatic N) is 1. The Morgan fingerprint density at radius 1 is 1.19 bits per heavy atom. The summed E-state index contributed by atoms with van der Waals surface area (Å²) in [6.07, 6.45) is 2.74. The third-order valence-electron chi connectivity index (χ3n) is 5.13. The SMILES string of the molecule is CCCC(=O)NC1CCCN(C(=O)c2ccc(Cl)c(NS(=O)(=O)c3ccc(F)cc3)c2)C1. The summed E-state index contributed by atoms with van der Waals surface area (Å²) in [6.45, 7) is 2.85. The maximum Gasteiger partial charge on any atom is 0.261 e. The van der Waals surface area contributed by atoms with E-state index in [-0.39, 0.29) is 39.0 Å². The smallest absolute Gasteiger partial charge is 0.261 e. The Morgan fingerprint density at radius 3 is 2.59 bits per heavy atom. The molecule has 0 aliphatic carbocycles. The largest absolute Gasteiger partial charge is 0.352 e. The predicted octanol–water partition coefficient (Wildman–Crippen LogP) is 3.80. The summed E-state index contributed by atoms with van der Waals surface area (Å²) in [5.74, 6) is -0.866. The van der Waals surface area contributed by atoms with Crippen LogP contribution in [0.2, 0.25) is 5.02 Å². The van der Waals surface area contributed by atoms with Crippen molar-refractivity contribution in [2.24, 2.45) is 0 Å². The predicted molar refractivity (Wildman–Crippen MR) is 121 cm³/mol. The number of benzene rings is 2. The zero-order chi connectivity index (χ0) is 23.3. The van der Waals surface area contributed by atoms with Crippen molar-refractivity contribution < 1.29 is 22.4 Å². The minimum absolute atomic E-state index is 0.0317. The van der Waals surface area contributed by atoms with E-state index >= 15 is 0 Å². The molecule has 3 rings (SSSR count). The molecule has 10 heteroatoms. The lowest BCUT2D eigenvalue weighted by Gasteiger charge is -2.33. The molecule has 1 unspecified atom stereocenters. The maximum atomic E-state index is 13.1. The van der Waals surface area contributed by atoms with Crippen molar-refractivity contribution in [1.29, 1.82) is 0 Å². The highest BCUT2D eigenvalue weighted by Gasteiger charge is 2.26. The van der Waals surface area contributed by atoms with E-state index in [1.807, 2.05) is 6.92 Å². The van der Waals surface area contributed by atoms with Gasteiger partial charge in [0.15, 0.2) is 0 Å². The van der Waals surface area contributed by atoms with Gasteiger partial charge in [-0.1, -0.05) is 18.5 Å². The minimum Gasteiger partial charge on any atom is -0.352 e. The van der Waals surface area contributed by atoms with Crippen LogP contribution >= 0.6 is 11.6 Å². The molecule has 1 fully saturated rings. The molecule has 0 spiro atoms. The first-order valence-corrected chi connectivity index (χ1v) is 12.2. The number of nitrogens with one attached hydrogen (secondary N) is 2. The van der Waals surface area contributed by atoms with Gasteiger partial charge < -0.3 is 10.2 Å². The van der Waals surface area contributed by atoms with Crippen LogP contribution in [0.25, 0.3) is 0 Å². The van der Waals surface area contributed by atoms with Crippen LogP contribution in [0.4, 0.5) is 10.1 Å². The van der Waals surface area contributed by atoms with Crippen molar-refractivity contribution in [3.05, 3.63) is 58.9 Å². The fraction of sp³-hybridized carbons (Fsp3) is 0.364. The average molecular weight is 482 g/mol. The molecule has 0 radical (unpaired) electrons. The number of halogens is 2. The summed E-state index contributed by atoms with van der Waals surface area (Å²) in [5, 5.41) is 3.08. The highest BCUT2D eigenvalue weighted by Crippen LogP contribution is 2.27. The van der Waals surface area contributed by atoms with E-state index in [1.54, 1.807) is 4.90 Å². The Labute approximate surface area is 192 Å². The first-order chi connectivity index (χ1) is 15.2. The number of hydrogen-bond donors (Lipinski definition) is 2. The van der Waals surface area contributed by atoms with Gasteiger partial charge in [0.1, 0.15) is 5.82 Å². The van der Waals surface area contributed by atoms with Gasteiger partial charge in [-0.2, -0.15) is 0 Å². The molecular formula is C22H25ClFN3O4S. The van der Waals surface area contributed by atoms with Gasteiger partial charge in [0.2, 0.25) is 5.91 Å². The van der Waals surface area contributed by atoms with E-state index < -0.39 is 15.8 Å². The summed E-state index contributed by atoms with van der Waals surface area (Å²) >= 11 is 6.16. The first-order valence-electron chi connectivity index (χ1n) is 10.4. The first kappa shape index (κ1) is 24.0. The van der Waals surface area contributed by atoms with E-state index in [0.29, 0.717) is 19.5 Å². The molecule has 1 aliphatic rings. The molecule has 1 aliphatic heterocycles. The molecular weight excluding hydrogens is 457 g/mol. The van der Waals surface area contributed by atoms with Crippen LogP contribution in [0.1, 0.15) is 43.0 Å². The molecule has 0 saturated carbocycles.